The first kappa shape index (κ1) is 21.8. The van der Waals surface area contributed by atoms with Gasteiger partial charge in [0.05, 0.1) is 34.6 Å². The normalized spacial score (nSPS) is 13.3. The largest absolute Gasteiger partial charge is 0.489 e. The van der Waals surface area contributed by atoms with Gasteiger partial charge in [-0.05, 0) is 61.9 Å². The fourth-order valence-electron chi connectivity index (χ4n) is 4.47. The van der Waals surface area contributed by atoms with E-state index in [2.05, 4.69) is 21.4 Å². The molecule has 0 saturated heterocycles. The van der Waals surface area contributed by atoms with Gasteiger partial charge in [-0.3, -0.25) is 9.48 Å². The van der Waals surface area contributed by atoms with Crippen LogP contribution in [0.1, 0.15) is 42.1 Å². The minimum Gasteiger partial charge on any atom is -0.489 e. The molecule has 7 nitrogen and oxygen atoms in total. The Morgan fingerprint density at radius 1 is 1.26 bits per heavy atom. The van der Waals surface area contributed by atoms with Crippen LogP contribution in [-0.2, 0) is 13.5 Å². The zero-order valence-electron chi connectivity index (χ0n) is 19.5. The zero-order chi connectivity index (χ0) is 24.1. The molecule has 0 radical (unpaired) electrons. The third-order valence-electron chi connectivity index (χ3n) is 6.33. The lowest BCUT2D eigenvalue weighted by atomic mass is 9.93. The molecule has 2 aromatic carbocycles. The first-order valence-corrected chi connectivity index (χ1v) is 11.3. The molecule has 1 N–H and O–H groups in total. The fraction of sp³-hybridized carbons (Fsp3) is 0.308. The first-order chi connectivity index (χ1) is 16.3. The molecule has 2 heterocycles. The Balaban J connectivity index is 1.79. The summed E-state index contributed by atoms with van der Waals surface area (Å²) >= 11 is 0. The van der Waals surface area contributed by atoms with Crippen molar-refractivity contribution in [1.29, 1.82) is 5.26 Å². The quantitative estimate of drug-likeness (QED) is 0.468. The van der Waals surface area contributed by atoms with E-state index in [1.165, 1.54) is 0 Å². The molecule has 0 atom stereocenters. The summed E-state index contributed by atoms with van der Waals surface area (Å²) in [6, 6.07) is 7.54. The number of rotatable bonds is 5. The first-order valence-electron chi connectivity index (χ1n) is 11.3. The molecule has 0 aliphatic heterocycles. The molecule has 1 saturated carbocycles. The highest BCUT2D eigenvalue weighted by Crippen LogP contribution is 2.42. The second kappa shape index (κ2) is 8.10. The number of nitriles is 1. The summed E-state index contributed by atoms with van der Waals surface area (Å²) in [5, 5.41) is 22.5. The number of aromatic nitrogens is 4. The predicted octanol–water partition coefficient (Wildman–Crippen LogP) is 4.72. The maximum atomic E-state index is 15.6. The highest BCUT2D eigenvalue weighted by atomic mass is 19.1. The third kappa shape index (κ3) is 3.45. The van der Waals surface area contributed by atoms with Gasteiger partial charge in [0.15, 0.2) is 0 Å². The van der Waals surface area contributed by atoms with Gasteiger partial charge in [-0.25, -0.2) is 9.49 Å². The highest BCUT2D eigenvalue weighted by molar-refractivity contribution is 5.94. The van der Waals surface area contributed by atoms with Crippen molar-refractivity contribution >= 4 is 10.8 Å². The topological polar surface area (TPSA) is 96.6 Å². The Bertz CT molecular complexity index is 1560. The SMILES string of the molecule is CCc1n[nH]c(=O)c2c(C)cc(-c3cnn(C)c3-c3c(F)c(C)cc(OC4CC4)c3C#N)cc12. The molecule has 5 rings (SSSR count). The van der Waals surface area contributed by atoms with E-state index in [9.17, 15) is 10.1 Å². The van der Waals surface area contributed by atoms with Crippen molar-refractivity contribution in [2.24, 2.45) is 7.05 Å². The molecule has 1 fully saturated rings. The number of nitrogens with zero attached hydrogens (tertiary/aromatic N) is 4. The number of nitrogens with one attached hydrogen (secondary N) is 1. The second-order valence-corrected chi connectivity index (χ2v) is 8.78. The lowest BCUT2D eigenvalue weighted by Gasteiger charge is -2.16. The Morgan fingerprint density at radius 3 is 2.71 bits per heavy atom. The van der Waals surface area contributed by atoms with Crippen LogP contribution >= 0.6 is 0 Å². The monoisotopic (exact) mass is 457 g/mol. The molecule has 1 aliphatic rings. The average Bonchev–Trinajstić information content (AvgIpc) is 3.55. The fourth-order valence-corrected chi connectivity index (χ4v) is 4.47. The minimum absolute atomic E-state index is 0.0667. The van der Waals surface area contributed by atoms with Gasteiger partial charge < -0.3 is 4.74 Å². The van der Waals surface area contributed by atoms with Crippen molar-refractivity contribution in [2.75, 3.05) is 0 Å². The van der Waals surface area contributed by atoms with Crippen molar-refractivity contribution in [3.8, 4) is 34.2 Å². The van der Waals surface area contributed by atoms with Crippen LogP contribution in [0, 0.1) is 31.0 Å². The van der Waals surface area contributed by atoms with Crippen molar-refractivity contribution in [1.82, 2.24) is 20.0 Å². The van der Waals surface area contributed by atoms with Crippen LogP contribution in [0.2, 0.25) is 0 Å². The highest BCUT2D eigenvalue weighted by Gasteiger charge is 2.29. The Hall–Kier alpha value is -3.99. The van der Waals surface area contributed by atoms with E-state index in [-0.39, 0.29) is 22.8 Å². The van der Waals surface area contributed by atoms with Crippen LogP contribution in [0.4, 0.5) is 4.39 Å². The van der Waals surface area contributed by atoms with E-state index in [1.807, 2.05) is 26.0 Å². The average molecular weight is 458 g/mol. The van der Waals surface area contributed by atoms with E-state index in [0.29, 0.717) is 34.4 Å². The number of benzene rings is 2. The van der Waals surface area contributed by atoms with Gasteiger partial charge in [-0.1, -0.05) is 13.0 Å². The van der Waals surface area contributed by atoms with Crippen LogP contribution < -0.4 is 10.3 Å². The molecule has 34 heavy (non-hydrogen) atoms. The van der Waals surface area contributed by atoms with E-state index < -0.39 is 5.82 Å². The van der Waals surface area contributed by atoms with Crippen molar-refractivity contribution in [3.05, 3.63) is 63.0 Å². The molecule has 8 heteroatoms. The maximum Gasteiger partial charge on any atom is 0.272 e. The number of ether oxygens (including phenoxy) is 1. The second-order valence-electron chi connectivity index (χ2n) is 8.78. The summed E-state index contributed by atoms with van der Waals surface area (Å²) in [6.45, 7) is 5.51. The van der Waals surface area contributed by atoms with E-state index >= 15 is 4.39 Å². The number of aromatic amines is 1. The Morgan fingerprint density at radius 2 is 2.03 bits per heavy atom. The Kier molecular flexibility index (Phi) is 5.20. The minimum atomic E-state index is -0.477. The summed E-state index contributed by atoms with van der Waals surface area (Å²) < 4.78 is 23.2. The number of aryl methyl sites for hydroxylation is 4. The maximum absolute atomic E-state index is 15.6. The summed E-state index contributed by atoms with van der Waals surface area (Å²) in [7, 11) is 1.72. The van der Waals surface area contributed by atoms with Crippen LogP contribution in [0.5, 0.6) is 5.75 Å². The number of hydrogen-bond donors (Lipinski definition) is 1. The van der Waals surface area contributed by atoms with Crippen LogP contribution in [0.15, 0.2) is 29.2 Å². The van der Waals surface area contributed by atoms with E-state index in [0.717, 1.165) is 35.0 Å². The molecule has 0 amide bonds. The summed E-state index contributed by atoms with van der Waals surface area (Å²) in [5.41, 5.74) is 3.94. The number of hydrogen-bond acceptors (Lipinski definition) is 5. The van der Waals surface area contributed by atoms with Gasteiger partial charge in [-0.2, -0.15) is 15.5 Å². The Labute approximate surface area is 195 Å². The number of halogens is 1. The van der Waals surface area contributed by atoms with E-state index in [4.69, 9.17) is 4.74 Å². The lowest BCUT2D eigenvalue weighted by Crippen LogP contribution is -2.12. The number of H-pyrrole nitrogens is 1. The van der Waals surface area contributed by atoms with E-state index in [1.54, 1.807) is 30.9 Å². The zero-order valence-corrected chi connectivity index (χ0v) is 19.5. The predicted molar refractivity (Wildman–Crippen MR) is 127 cm³/mol. The van der Waals surface area contributed by atoms with Gasteiger partial charge in [0.25, 0.3) is 5.56 Å². The molecule has 0 spiro atoms. The summed E-state index contributed by atoms with van der Waals surface area (Å²) in [4.78, 5) is 12.5. The molecule has 2 aromatic heterocycles. The van der Waals surface area contributed by atoms with Crippen LogP contribution in [0.3, 0.4) is 0 Å². The molecular formula is C26H24FN5O2. The molecule has 0 bridgehead atoms. The van der Waals surface area contributed by atoms with Crippen LogP contribution in [0.25, 0.3) is 33.2 Å². The van der Waals surface area contributed by atoms with Gasteiger partial charge >= 0.3 is 0 Å². The molecule has 1 aliphatic carbocycles. The standard InChI is InChI=1S/C26H24FN5O2/c1-5-20-17-10-15(8-13(2)22(17)26(33)31-30-20)19-12-29-32(4)25(19)23-18(11-28)21(34-16-6-7-16)9-14(3)24(23)27/h8-10,12,16H,5-7H2,1-4H3,(H,31,33). The summed E-state index contributed by atoms with van der Waals surface area (Å²) in [5.74, 6) is -0.0841. The van der Waals surface area contributed by atoms with Gasteiger partial charge in [-0.15, -0.1) is 0 Å². The van der Waals surface area contributed by atoms with Crippen molar-refractivity contribution < 1.29 is 9.13 Å². The molecule has 172 valence electrons. The van der Waals surface area contributed by atoms with Gasteiger partial charge in [0.1, 0.15) is 23.2 Å². The lowest BCUT2D eigenvalue weighted by molar-refractivity contribution is 0.301. The van der Waals surface area contributed by atoms with Gasteiger partial charge in [0.2, 0.25) is 0 Å². The molecule has 0 unspecified atom stereocenters. The number of fused-ring (bicyclic) bond motifs is 1. The molecular weight excluding hydrogens is 433 g/mol. The van der Waals surface area contributed by atoms with Crippen LogP contribution in [-0.4, -0.2) is 26.1 Å². The third-order valence-corrected chi connectivity index (χ3v) is 6.33. The summed E-state index contributed by atoms with van der Waals surface area (Å²) in [6.07, 6.45) is 4.22. The molecule has 4 aromatic rings. The van der Waals surface area contributed by atoms with Crippen molar-refractivity contribution in [3.63, 3.8) is 0 Å². The van der Waals surface area contributed by atoms with Crippen molar-refractivity contribution in [2.45, 2.75) is 46.1 Å². The van der Waals surface area contributed by atoms with Gasteiger partial charge in [0, 0.05) is 18.0 Å². The smallest absolute Gasteiger partial charge is 0.272 e.